The minimum atomic E-state index is -0.330. The molecule has 1 aliphatic rings. The fourth-order valence-electron chi connectivity index (χ4n) is 3.54. The molecular formula is C21H26N2O3. The van der Waals surface area contributed by atoms with Crippen molar-refractivity contribution in [3.05, 3.63) is 59.0 Å². The highest BCUT2D eigenvalue weighted by Gasteiger charge is 2.27. The summed E-state index contributed by atoms with van der Waals surface area (Å²) in [5.41, 5.74) is 1.49. The largest absolute Gasteiger partial charge is 0.454 e. The number of benzene rings is 1. The van der Waals surface area contributed by atoms with Crippen molar-refractivity contribution < 1.29 is 14.0 Å². The minimum Gasteiger partial charge on any atom is -0.454 e. The van der Waals surface area contributed by atoms with E-state index in [0.717, 1.165) is 31.2 Å². The molecule has 138 valence electrons. The molecule has 0 spiro atoms. The maximum atomic E-state index is 12.9. The van der Waals surface area contributed by atoms with E-state index in [9.17, 15) is 9.59 Å². The molecule has 2 N–H and O–H groups in total. The van der Waals surface area contributed by atoms with Crippen molar-refractivity contribution in [1.29, 1.82) is 0 Å². The number of amides is 2. The monoisotopic (exact) mass is 354 g/mol. The molecule has 1 aromatic heterocycles. The third kappa shape index (κ3) is 3.98. The van der Waals surface area contributed by atoms with E-state index in [-0.39, 0.29) is 29.5 Å². The van der Waals surface area contributed by atoms with Gasteiger partial charge in [0.15, 0.2) is 5.76 Å². The van der Waals surface area contributed by atoms with Crippen LogP contribution in [0.4, 0.5) is 0 Å². The Morgan fingerprint density at radius 2 is 1.77 bits per heavy atom. The highest BCUT2D eigenvalue weighted by molar-refractivity contribution is 5.99. The van der Waals surface area contributed by atoms with Crippen LogP contribution in [0.25, 0.3) is 0 Å². The molecule has 1 unspecified atom stereocenters. The maximum Gasteiger partial charge on any atom is 0.286 e. The van der Waals surface area contributed by atoms with Gasteiger partial charge in [0.2, 0.25) is 0 Å². The fraction of sp³-hybridized carbons (Fsp3) is 0.429. The van der Waals surface area contributed by atoms with E-state index >= 15 is 0 Å². The van der Waals surface area contributed by atoms with Crippen molar-refractivity contribution in [2.45, 2.75) is 51.0 Å². The van der Waals surface area contributed by atoms with Gasteiger partial charge in [0.05, 0.1) is 5.56 Å². The molecule has 1 saturated carbocycles. The summed E-state index contributed by atoms with van der Waals surface area (Å²) in [6.45, 7) is 1.99. The Kier molecular flexibility index (Phi) is 5.76. The minimum absolute atomic E-state index is 0.123. The van der Waals surface area contributed by atoms with E-state index < -0.39 is 0 Å². The zero-order valence-electron chi connectivity index (χ0n) is 15.4. The second-order valence-electron chi connectivity index (χ2n) is 6.91. The van der Waals surface area contributed by atoms with E-state index in [1.54, 1.807) is 13.1 Å². The van der Waals surface area contributed by atoms with E-state index in [0.29, 0.717) is 11.3 Å². The molecule has 2 aromatic rings. The van der Waals surface area contributed by atoms with Crippen molar-refractivity contribution >= 4 is 11.8 Å². The lowest BCUT2D eigenvalue weighted by molar-refractivity contribution is 0.0918. The SMILES string of the molecule is CNC(=O)c1cc(C(=O)NC2CCCCC2)c(C(C)c2ccccc2)o1. The van der Waals surface area contributed by atoms with Gasteiger partial charge in [-0.2, -0.15) is 0 Å². The van der Waals surface area contributed by atoms with Gasteiger partial charge in [-0.05, 0) is 18.4 Å². The van der Waals surface area contributed by atoms with Gasteiger partial charge in [0.25, 0.3) is 11.8 Å². The van der Waals surface area contributed by atoms with Crippen LogP contribution in [-0.4, -0.2) is 24.9 Å². The number of furan rings is 1. The third-order valence-corrected chi connectivity index (χ3v) is 5.09. The zero-order valence-corrected chi connectivity index (χ0v) is 15.4. The lowest BCUT2D eigenvalue weighted by Crippen LogP contribution is -2.36. The van der Waals surface area contributed by atoms with Crippen LogP contribution in [0, 0.1) is 0 Å². The molecule has 26 heavy (non-hydrogen) atoms. The van der Waals surface area contributed by atoms with E-state index in [4.69, 9.17) is 4.42 Å². The summed E-state index contributed by atoms with van der Waals surface area (Å²) < 4.78 is 5.82. The van der Waals surface area contributed by atoms with Crippen LogP contribution < -0.4 is 10.6 Å². The second kappa shape index (κ2) is 8.21. The third-order valence-electron chi connectivity index (χ3n) is 5.09. The van der Waals surface area contributed by atoms with Crippen LogP contribution in [0.2, 0.25) is 0 Å². The summed E-state index contributed by atoms with van der Waals surface area (Å²) in [7, 11) is 1.55. The van der Waals surface area contributed by atoms with Gasteiger partial charge >= 0.3 is 0 Å². The standard InChI is InChI=1S/C21H26N2O3/c1-14(15-9-5-3-6-10-15)19-17(13-18(26-19)21(25)22-2)20(24)23-16-11-7-4-8-12-16/h3,5-6,9-10,13-14,16H,4,7-8,11-12H2,1-2H3,(H,22,25)(H,23,24). The lowest BCUT2D eigenvalue weighted by atomic mass is 9.94. The molecule has 5 heteroatoms. The summed E-state index contributed by atoms with van der Waals surface area (Å²) in [5.74, 6) is 0.0840. The quantitative estimate of drug-likeness (QED) is 0.856. The van der Waals surface area contributed by atoms with E-state index in [1.807, 2.05) is 37.3 Å². The normalized spacial score (nSPS) is 16.1. The molecular weight excluding hydrogens is 328 g/mol. The van der Waals surface area contributed by atoms with Crippen LogP contribution >= 0.6 is 0 Å². The van der Waals surface area contributed by atoms with Crippen molar-refractivity contribution in [2.75, 3.05) is 7.05 Å². The Balaban J connectivity index is 1.90. The van der Waals surface area contributed by atoms with Crippen molar-refractivity contribution in [3.63, 3.8) is 0 Å². The van der Waals surface area contributed by atoms with Gasteiger partial charge in [-0.25, -0.2) is 0 Å². The average molecular weight is 354 g/mol. The Morgan fingerprint density at radius 1 is 1.08 bits per heavy atom. The van der Waals surface area contributed by atoms with Crippen molar-refractivity contribution in [3.8, 4) is 0 Å². The fourth-order valence-corrected chi connectivity index (χ4v) is 3.54. The van der Waals surface area contributed by atoms with Crippen LogP contribution in [-0.2, 0) is 0 Å². The first-order valence-electron chi connectivity index (χ1n) is 9.31. The Hall–Kier alpha value is -2.56. The summed E-state index contributed by atoms with van der Waals surface area (Å²) in [6.07, 6.45) is 5.54. The predicted octanol–water partition coefficient (Wildman–Crippen LogP) is 3.85. The predicted molar refractivity (Wildman–Crippen MR) is 100 cm³/mol. The van der Waals surface area contributed by atoms with Gasteiger partial charge in [0.1, 0.15) is 5.76 Å². The molecule has 3 rings (SSSR count). The van der Waals surface area contributed by atoms with Crippen LogP contribution in [0.3, 0.4) is 0 Å². The Labute approximate surface area is 154 Å². The summed E-state index contributed by atoms with van der Waals surface area (Å²) in [5, 5.41) is 5.68. The lowest BCUT2D eigenvalue weighted by Gasteiger charge is -2.23. The van der Waals surface area contributed by atoms with Crippen LogP contribution in [0.5, 0.6) is 0 Å². The van der Waals surface area contributed by atoms with Crippen molar-refractivity contribution in [2.24, 2.45) is 0 Å². The summed E-state index contributed by atoms with van der Waals surface area (Å²) in [4.78, 5) is 24.9. The molecule has 0 aliphatic heterocycles. The number of hydrogen-bond donors (Lipinski definition) is 2. The summed E-state index contributed by atoms with van der Waals surface area (Å²) in [6, 6.07) is 11.6. The number of carbonyl (C=O) groups is 2. The Morgan fingerprint density at radius 3 is 2.42 bits per heavy atom. The number of rotatable bonds is 5. The molecule has 1 aromatic carbocycles. The Bertz CT molecular complexity index is 761. The topological polar surface area (TPSA) is 71.3 Å². The second-order valence-corrected chi connectivity index (χ2v) is 6.91. The molecule has 0 bridgehead atoms. The number of hydrogen-bond acceptors (Lipinski definition) is 3. The number of nitrogens with one attached hydrogen (secondary N) is 2. The first-order valence-corrected chi connectivity index (χ1v) is 9.31. The van der Waals surface area contributed by atoms with E-state index in [1.165, 1.54) is 6.42 Å². The van der Waals surface area contributed by atoms with Gasteiger partial charge in [-0.3, -0.25) is 9.59 Å². The molecule has 2 amide bonds. The maximum absolute atomic E-state index is 12.9. The highest BCUT2D eigenvalue weighted by Crippen LogP contribution is 2.30. The smallest absolute Gasteiger partial charge is 0.286 e. The van der Waals surface area contributed by atoms with E-state index in [2.05, 4.69) is 10.6 Å². The molecule has 1 aliphatic carbocycles. The van der Waals surface area contributed by atoms with Crippen molar-refractivity contribution in [1.82, 2.24) is 10.6 Å². The first-order chi connectivity index (χ1) is 12.6. The average Bonchev–Trinajstić information content (AvgIpc) is 3.14. The molecule has 0 saturated heterocycles. The molecule has 5 nitrogen and oxygen atoms in total. The number of carbonyl (C=O) groups excluding carboxylic acids is 2. The van der Waals surface area contributed by atoms with Gasteiger partial charge in [-0.1, -0.05) is 56.5 Å². The van der Waals surface area contributed by atoms with Crippen LogP contribution in [0.15, 0.2) is 40.8 Å². The molecule has 1 heterocycles. The highest BCUT2D eigenvalue weighted by atomic mass is 16.4. The van der Waals surface area contributed by atoms with Crippen LogP contribution in [0.1, 0.15) is 77.2 Å². The summed E-state index contributed by atoms with van der Waals surface area (Å²) >= 11 is 0. The van der Waals surface area contributed by atoms with Gasteiger partial charge < -0.3 is 15.1 Å². The van der Waals surface area contributed by atoms with Gasteiger partial charge in [-0.15, -0.1) is 0 Å². The first kappa shape index (κ1) is 18.2. The molecule has 1 atom stereocenters. The van der Waals surface area contributed by atoms with Gasteiger partial charge in [0, 0.05) is 25.1 Å². The zero-order chi connectivity index (χ0) is 18.5. The molecule has 0 radical (unpaired) electrons. The molecule has 1 fully saturated rings.